The zero-order valence-corrected chi connectivity index (χ0v) is 14.4. The Balaban J connectivity index is 1.62. The number of carboxylic acids is 1. The molecule has 7 atom stereocenters. The van der Waals surface area contributed by atoms with E-state index >= 15 is 0 Å². The number of aliphatic hydroxyl groups is 1. The Kier molecular flexibility index (Phi) is 3.46. The largest absolute Gasteiger partial charge is 0.478 e. The number of allylic oxidation sites excluding steroid dienone is 1. The van der Waals surface area contributed by atoms with Crippen LogP contribution in [0.5, 0.6) is 0 Å². The van der Waals surface area contributed by atoms with Crippen molar-refractivity contribution < 1.29 is 15.0 Å². The van der Waals surface area contributed by atoms with Gasteiger partial charge in [0.2, 0.25) is 0 Å². The SMILES string of the molecule is C[C@]12CC[C@@H](O)C[C@@H]1CC[C@@H]1[C@@H]2CC[C@]2(C)C(C(=O)O)=CC[C@@H]12. The molecule has 0 aromatic rings. The van der Waals surface area contributed by atoms with Crippen LogP contribution in [0, 0.1) is 34.5 Å². The standard InChI is InChI=1S/C20H30O3/c1-19-9-7-13(21)11-12(19)3-4-14-15-5-6-17(18(22)23)20(15,2)10-8-16(14)19/h6,12-16,21H,3-5,7-11H2,1-2H3,(H,22,23)/t12-,13+,14-,15-,16-,19-,20-/m0/s1. The van der Waals surface area contributed by atoms with Gasteiger partial charge in [-0.1, -0.05) is 19.9 Å². The monoisotopic (exact) mass is 318 g/mol. The summed E-state index contributed by atoms with van der Waals surface area (Å²) in [5.74, 6) is 1.91. The maximum Gasteiger partial charge on any atom is 0.331 e. The summed E-state index contributed by atoms with van der Waals surface area (Å²) in [6.07, 6.45) is 10.7. The third-order valence-corrected chi connectivity index (χ3v) is 8.45. The quantitative estimate of drug-likeness (QED) is 0.768. The van der Waals surface area contributed by atoms with Gasteiger partial charge in [0.25, 0.3) is 0 Å². The molecule has 4 rings (SSSR count). The number of hydrogen-bond donors (Lipinski definition) is 2. The van der Waals surface area contributed by atoms with Gasteiger partial charge in [-0.2, -0.15) is 0 Å². The van der Waals surface area contributed by atoms with E-state index in [9.17, 15) is 15.0 Å². The molecule has 0 bridgehead atoms. The molecule has 0 unspecified atom stereocenters. The highest BCUT2D eigenvalue weighted by Crippen LogP contribution is 2.66. The lowest BCUT2D eigenvalue weighted by Crippen LogP contribution is -2.53. The first kappa shape index (κ1) is 15.7. The summed E-state index contributed by atoms with van der Waals surface area (Å²) in [4.78, 5) is 11.7. The smallest absolute Gasteiger partial charge is 0.331 e. The molecule has 3 saturated carbocycles. The second kappa shape index (κ2) is 5.08. The van der Waals surface area contributed by atoms with Crippen molar-refractivity contribution in [3.05, 3.63) is 11.6 Å². The Morgan fingerprint density at radius 1 is 1.13 bits per heavy atom. The van der Waals surface area contributed by atoms with Gasteiger partial charge in [-0.3, -0.25) is 0 Å². The number of fused-ring (bicyclic) bond motifs is 5. The van der Waals surface area contributed by atoms with Crippen molar-refractivity contribution >= 4 is 5.97 Å². The normalized spacial score (nSPS) is 52.1. The molecular formula is C20H30O3. The Morgan fingerprint density at radius 3 is 2.65 bits per heavy atom. The van der Waals surface area contributed by atoms with Crippen molar-refractivity contribution in [1.29, 1.82) is 0 Å². The van der Waals surface area contributed by atoms with Gasteiger partial charge in [-0.25, -0.2) is 4.79 Å². The molecule has 4 aliphatic rings. The minimum absolute atomic E-state index is 0.0924. The fourth-order valence-corrected chi connectivity index (χ4v) is 7.13. The van der Waals surface area contributed by atoms with Gasteiger partial charge in [0.1, 0.15) is 0 Å². The molecule has 2 N–H and O–H groups in total. The van der Waals surface area contributed by atoms with E-state index in [-0.39, 0.29) is 11.5 Å². The molecular weight excluding hydrogens is 288 g/mol. The van der Waals surface area contributed by atoms with Gasteiger partial charge in [0, 0.05) is 11.0 Å². The van der Waals surface area contributed by atoms with Crippen LogP contribution in [0.2, 0.25) is 0 Å². The van der Waals surface area contributed by atoms with E-state index in [0.29, 0.717) is 28.7 Å². The van der Waals surface area contributed by atoms with E-state index in [0.717, 1.165) is 38.0 Å². The van der Waals surface area contributed by atoms with Crippen LogP contribution in [-0.2, 0) is 4.79 Å². The lowest BCUT2D eigenvalue weighted by Gasteiger charge is -2.60. The van der Waals surface area contributed by atoms with Gasteiger partial charge in [0.15, 0.2) is 0 Å². The summed E-state index contributed by atoms with van der Waals surface area (Å²) in [6, 6.07) is 0. The van der Waals surface area contributed by atoms with Crippen molar-refractivity contribution in [1.82, 2.24) is 0 Å². The second-order valence-corrected chi connectivity index (χ2v) is 9.20. The second-order valence-electron chi connectivity index (χ2n) is 9.20. The van der Waals surface area contributed by atoms with Crippen molar-refractivity contribution in [2.45, 2.75) is 71.3 Å². The summed E-state index contributed by atoms with van der Waals surface area (Å²) in [6.45, 7) is 4.68. The topological polar surface area (TPSA) is 57.5 Å². The van der Waals surface area contributed by atoms with E-state index in [1.54, 1.807) is 0 Å². The molecule has 4 aliphatic carbocycles. The average molecular weight is 318 g/mol. The van der Waals surface area contributed by atoms with Crippen LogP contribution in [0.3, 0.4) is 0 Å². The first-order valence-electron chi connectivity index (χ1n) is 9.48. The molecule has 0 heterocycles. The molecule has 128 valence electrons. The van der Waals surface area contributed by atoms with Crippen LogP contribution in [0.1, 0.15) is 65.2 Å². The van der Waals surface area contributed by atoms with E-state index in [1.165, 1.54) is 19.3 Å². The predicted molar refractivity (Wildman–Crippen MR) is 88.8 cm³/mol. The van der Waals surface area contributed by atoms with Crippen molar-refractivity contribution in [2.75, 3.05) is 0 Å². The molecule has 0 saturated heterocycles. The van der Waals surface area contributed by atoms with E-state index in [4.69, 9.17) is 0 Å². The van der Waals surface area contributed by atoms with Crippen molar-refractivity contribution in [3.8, 4) is 0 Å². The summed E-state index contributed by atoms with van der Waals surface area (Å²) >= 11 is 0. The fraction of sp³-hybridized carbons (Fsp3) is 0.850. The highest BCUT2D eigenvalue weighted by Gasteiger charge is 2.59. The van der Waals surface area contributed by atoms with E-state index in [1.807, 2.05) is 6.08 Å². The van der Waals surface area contributed by atoms with Crippen LogP contribution in [0.25, 0.3) is 0 Å². The molecule has 3 nitrogen and oxygen atoms in total. The lowest BCUT2D eigenvalue weighted by molar-refractivity contribution is -0.138. The molecule has 0 aromatic carbocycles. The van der Waals surface area contributed by atoms with Gasteiger partial charge in [-0.05, 0) is 80.5 Å². The molecule has 0 spiro atoms. The lowest BCUT2D eigenvalue weighted by atomic mass is 9.44. The number of carboxylic acid groups (broad SMARTS) is 1. The first-order valence-corrected chi connectivity index (χ1v) is 9.48. The zero-order valence-electron chi connectivity index (χ0n) is 14.4. The zero-order chi connectivity index (χ0) is 16.4. The van der Waals surface area contributed by atoms with Gasteiger partial charge < -0.3 is 10.2 Å². The average Bonchev–Trinajstić information content (AvgIpc) is 2.85. The van der Waals surface area contributed by atoms with Gasteiger partial charge in [-0.15, -0.1) is 0 Å². The van der Waals surface area contributed by atoms with E-state index < -0.39 is 5.97 Å². The molecule has 0 radical (unpaired) electrons. The van der Waals surface area contributed by atoms with Crippen LogP contribution < -0.4 is 0 Å². The Labute approximate surface area is 139 Å². The highest BCUT2D eigenvalue weighted by atomic mass is 16.4. The minimum Gasteiger partial charge on any atom is -0.478 e. The molecule has 0 aromatic heterocycles. The van der Waals surface area contributed by atoms with Gasteiger partial charge in [0.05, 0.1) is 6.10 Å². The summed E-state index contributed by atoms with van der Waals surface area (Å²) in [7, 11) is 0. The van der Waals surface area contributed by atoms with Crippen LogP contribution in [-0.4, -0.2) is 22.3 Å². The number of aliphatic hydroxyl groups excluding tert-OH is 1. The number of aliphatic carboxylic acids is 1. The molecule has 23 heavy (non-hydrogen) atoms. The number of hydrogen-bond acceptors (Lipinski definition) is 2. The van der Waals surface area contributed by atoms with Crippen LogP contribution in [0.15, 0.2) is 11.6 Å². The fourth-order valence-electron chi connectivity index (χ4n) is 7.13. The number of rotatable bonds is 1. The van der Waals surface area contributed by atoms with Crippen molar-refractivity contribution in [2.24, 2.45) is 34.5 Å². The van der Waals surface area contributed by atoms with Gasteiger partial charge >= 0.3 is 5.97 Å². The summed E-state index contributed by atoms with van der Waals surface area (Å²) < 4.78 is 0. The Hall–Kier alpha value is -0.830. The van der Waals surface area contributed by atoms with Crippen molar-refractivity contribution in [3.63, 3.8) is 0 Å². The third-order valence-electron chi connectivity index (χ3n) is 8.45. The molecule has 0 aliphatic heterocycles. The molecule has 3 fully saturated rings. The maximum atomic E-state index is 11.7. The Morgan fingerprint density at radius 2 is 1.91 bits per heavy atom. The highest BCUT2D eigenvalue weighted by molar-refractivity contribution is 5.89. The molecule has 0 amide bonds. The van der Waals surface area contributed by atoms with Crippen LogP contribution >= 0.6 is 0 Å². The maximum absolute atomic E-state index is 11.7. The summed E-state index contributed by atoms with van der Waals surface area (Å²) in [5, 5.41) is 19.7. The third kappa shape index (κ3) is 2.08. The van der Waals surface area contributed by atoms with E-state index in [2.05, 4.69) is 13.8 Å². The van der Waals surface area contributed by atoms with Crippen LogP contribution in [0.4, 0.5) is 0 Å². The predicted octanol–water partition coefficient (Wildman–Crippen LogP) is 4.01. The minimum atomic E-state index is -0.700. The summed E-state index contributed by atoms with van der Waals surface area (Å²) in [5.41, 5.74) is 0.951. The Bertz CT molecular complexity index is 553. The molecule has 3 heteroatoms. The number of carbonyl (C=O) groups is 1. The first-order chi connectivity index (χ1) is 10.9.